The number of benzene rings is 3. The molecule has 5 nitrogen and oxygen atoms in total. The third-order valence-corrected chi connectivity index (χ3v) is 6.77. The molecule has 1 N–H and O–H groups in total. The van der Waals surface area contributed by atoms with Crippen LogP contribution in [0.25, 0.3) is 0 Å². The summed E-state index contributed by atoms with van der Waals surface area (Å²) < 4.78 is 5.90. The summed E-state index contributed by atoms with van der Waals surface area (Å²) in [7, 11) is 0. The largest absolute Gasteiger partial charge is 0.484 e. The molecule has 0 aromatic heterocycles. The Labute approximate surface area is 229 Å². The highest BCUT2D eigenvalue weighted by Gasteiger charge is 2.31. The van der Waals surface area contributed by atoms with Crippen LogP contribution < -0.4 is 10.1 Å². The van der Waals surface area contributed by atoms with Crippen LogP contribution >= 0.6 is 23.2 Å². The minimum absolute atomic E-state index is 0.0339. The lowest BCUT2D eigenvalue weighted by Gasteiger charge is -2.32. The Morgan fingerprint density at radius 2 is 1.65 bits per heavy atom. The van der Waals surface area contributed by atoms with Gasteiger partial charge in [0.05, 0.1) is 0 Å². The van der Waals surface area contributed by atoms with Gasteiger partial charge in [-0.1, -0.05) is 72.6 Å². The summed E-state index contributed by atoms with van der Waals surface area (Å²) >= 11 is 12.6. The summed E-state index contributed by atoms with van der Waals surface area (Å²) in [6, 6.07) is 19.8. The second-order valence-electron chi connectivity index (χ2n) is 9.39. The molecule has 3 aromatic rings. The molecule has 0 unspecified atom stereocenters. The van der Waals surface area contributed by atoms with E-state index >= 15 is 0 Å². The maximum Gasteiger partial charge on any atom is 0.261 e. The number of carbonyl (C=O) groups excluding carboxylic acids is 2. The lowest BCUT2D eigenvalue weighted by molar-refractivity contribution is -0.143. The molecule has 7 heteroatoms. The van der Waals surface area contributed by atoms with Crippen LogP contribution in [0.4, 0.5) is 0 Å². The van der Waals surface area contributed by atoms with Gasteiger partial charge in [0.2, 0.25) is 5.91 Å². The van der Waals surface area contributed by atoms with E-state index in [1.165, 1.54) is 0 Å². The number of nitrogens with one attached hydrogen (secondary N) is 1. The molecule has 37 heavy (non-hydrogen) atoms. The molecule has 0 aliphatic heterocycles. The Bertz CT molecular complexity index is 1200. The molecule has 0 radical (unpaired) electrons. The topological polar surface area (TPSA) is 58.6 Å². The Kier molecular flexibility index (Phi) is 10.4. The van der Waals surface area contributed by atoms with Gasteiger partial charge in [-0.3, -0.25) is 9.59 Å². The summed E-state index contributed by atoms with van der Waals surface area (Å²) in [5, 5.41) is 3.99. The predicted octanol–water partition coefficient (Wildman–Crippen LogP) is 6.54. The summed E-state index contributed by atoms with van der Waals surface area (Å²) in [6.07, 6.45) is 1.13. The minimum atomic E-state index is -0.765. The number of hydrogen-bond donors (Lipinski definition) is 1. The molecule has 3 rings (SSSR count). The van der Waals surface area contributed by atoms with Crippen molar-refractivity contribution < 1.29 is 14.3 Å². The first-order valence-corrected chi connectivity index (χ1v) is 13.2. The van der Waals surface area contributed by atoms with Crippen molar-refractivity contribution in [3.05, 3.63) is 99.0 Å². The SMILES string of the molecule is CC[C@@H](C)NC(=O)[C@H](Cc1ccccc1)N(Cc1ccc(Cl)cc1Cl)C(=O)COc1cc(C)cc(C)c1. The second kappa shape index (κ2) is 13.5. The minimum Gasteiger partial charge on any atom is -0.484 e. The third-order valence-electron chi connectivity index (χ3n) is 6.19. The molecule has 0 saturated carbocycles. The summed E-state index contributed by atoms with van der Waals surface area (Å²) in [4.78, 5) is 28.8. The van der Waals surface area contributed by atoms with Gasteiger partial charge in [0.25, 0.3) is 5.91 Å². The molecule has 3 aromatic carbocycles. The lowest BCUT2D eigenvalue weighted by atomic mass is 10.0. The van der Waals surface area contributed by atoms with Crippen molar-refractivity contribution in [1.82, 2.24) is 10.2 Å². The molecule has 0 spiro atoms. The van der Waals surface area contributed by atoms with Crippen LogP contribution in [0, 0.1) is 13.8 Å². The first kappa shape index (κ1) is 28.5. The number of halogens is 2. The molecule has 2 atom stereocenters. The molecule has 0 bridgehead atoms. The van der Waals surface area contributed by atoms with Gasteiger partial charge in [-0.15, -0.1) is 0 Å². The Balaban J connectivity index is 1.95. The van der Waals surface area contributed by atoms with E-state index in [9.17, 15) is 9.59 Å². The average molecular weight is 542 g/mol. The maximum atomic E-state index is 13.7. The number of rotatable bonds is 11. The van der Waals surface area contributed by atoms with Crippen molar-refractivity contribution in [1.29, 1.82) is 0 Å². The van der Waals surface area contributed by atoms with Gasteiger partial charge in [0, 0.05) is 29.1 Å². The van der Waals surface area contributed by atoms with E-state index in [4.69, 9.17) is 27.9 Å². The summed E-state index contributed by atoms with van der Waals surface area (Å²) in [5.41, 5.74) is 3.73. The standard InChI is InChI=1S/C30H34Cl2N2O3/c1-5-22(4)33-30(36)28(16-23-9-7-6-8-10-23)34(18-24-11-12-25(31)17-27(24)32)29(35)19-37-26-14-20(2)13-21(3)15-26/h6-15,17,22,28H,5,16,18-19H2,1-4H3,(H,33,36)/t22-,28+/m1/s1. The van der Waals surface area contributed by atoms with Crippen molar-refractivity contribution in [2.24, 2.45) is 0 Å². The number of aryl methyl sites for hydroxylation is 2. The molecule has 196 valence electrons. The molecular formula is C30H34Cl2N2O3. The van der Waals surface area contributed by atoms with Crippen molar-refractivity contribution in [2.45, 2.75) is 59.2 Å². The molecule has 0 aliphatic carbocycles. The molecule has 0 fully saturated rings. The molecule has 0 heterocycles. The normalized spacial score (nSPS) is 12.5. The highest BCUT2D eigenvalue weighted by molar-refractivity contribution is 6.35. The van der Waals surface area contributed by atoms with Crippen molar-refractivity contribution in [2.75, 3.05) is 6.61 Å². The first-order chi connectivity index (χ1) is 17.7. The van der Waals surface area contributed by atoms with Crippen molar-refractivity contribution in [3.63, 3.8) is 0 Å². The molecular weight excluding hydrogens is 507 g/mol. The van der Waals surface area contributed by atoms with E-state index in [1.54, 1.807) is 23.1 Å². The molecule has 2 amide bonds. The van der Waals surface area contributed by atoms with E-state index in [0.717, 1.165) is 23.1 Å². The van der Waals surface area contributed by atoms with Gasteiger partial charge in [-0.25, -0.2) is 0 Å². The maximum absolute atomic E-state index is 13.7. The van der Waals surface area contributed by atoms with E-state index in [2.05, 4.69) is 5.32 Å². The zero-order valence-electron chi connectivity index (χ0n) is 21.8. The van der Waals surface area contributed by atoms with Gasteiger partial charge < -0.3 is 15.0 Å². The van der Waals surface area contributed by atoms with Crippen LogP contribution in [-0.4, -0.2) is 35.4 Å². The average Bonchev–Trinajstić information content (AvgIpc) is 2.85. The number of ether oxygens (including phenoxy) is 1. The van der Waals surface area contributed by atoms with Gasteiger partial charge in [0.1, 0.15) is 11.8 Å². The van der Waals surface area contributed by atoms with Crippen molar-refractivity contribution in [3.8, 4) is 5.75 Å². The zero-order chi connectivity index (χ0) is 26.9. The number of hydrogen-bond acceptors (Lipinski definition) is 3. The van der Waals surface area contributed by atoms with Gasteiger partial charge in [-0.2, -0.15) is 0 Å². The van der Waals surface area contributed by atoms with Crippen LogP contribution in [0.1, 0.15) is 42.5 Å². The smallest absolute Gasteiger partial charge is 0.261 e. The van der Waals surface area contributed by atoms with E-state index in [0.29, 0.717) is 27.8 Å². The van der Waals surface area contributed by atoms with Crippen LogP contribution in [0.3, 0.4) is 0 Å². The fourth-order valence-electron chi connectivity index (χ4n) is 4.07. The second-order valence-corrected chi connectivity index (χ2v) is 10.2. The highest BCUT2D eigenvalue weighted by Crippen LogP contribution is 2.24. The van der Waals surface area contributed by atoms with Gasteiger partial charge in [-0.05, 0) is 73.7 Å². The predicted molar refractivity (Wildman–Crippen MR) is 150 cm³/mol. The lowest BCUT2D eigenvalue weighted by Crippen LogP contribution is -2.53. The molecule has 0 saturated heterocycles. The first-order valence-electron chi connectivity index (χ1n) is 12.4. The molecule has 0 aliphatic rings. The number of carbonyl (C=O) groups is 2. The monoisotopic (exact) mass is 540 g/mol. The summed E-state index contributed by atoms with van der Waals surface area (Å²) in [6.45, 7) is 7.83. The van der Waals surface area contributed by atoms with Crippen LogP contribution in [0.5, 0.6) is 5.75 Å². The van der Waals surface area contributed by atoms with Gasteiger partial charge in [0.15, 0.2) is 6.61 Å². The van der Waals surface area contributed by atoms with Crippen LogP contribution in [0.15, 0.2) is 66.7 Å². The van der Waals surface area contributed by atoms with E-state index < -0.39 is 6.04 Å². The highest BCUT2D eigenvalue weighted by atomic mass is 35.5. The quantitative estimate of drug-likeness (QED) is 0.300. The van der Waals surface area contributed by atoms with E-state index in [-0.39, 0.29) is 31.0 Å². The van der Waals surface area contributed by atoms with Crippen LogP contribution in [0.2, 0.25) is 10.0 Å². The Morgan fingerprint density at radius 1 is 0.973 bits per heavy atom. The Hall–Kier alpha value is -3.02. The van der Waals surface area contributed by atoms with Crippen molar-refractivity contribution >= 4 is 35.0 Å². The fraction of sp³-hybridized carbons (Fsp3) is 0.333. The fourth-order valence-corrected chi connectivity index (χ4v) is 4.54. The number of amides is 2. The Morgan fingerprint density at radius 3 is 2.27 bits per heavy atom. The number of nitrogens with zero attached hydrogens (tertiary/aromatic N) is 1. The zero-order valence-corrected chi connectivity index (χ0v) is 23.3. The van der Waals surface area contributed by atoms with Gasteiger partial charge >= 0.3 is 0 Å². The van der Waals surface area contributed by atoms with Crippen LogP contribution in [-0.2, 0) is 22.6 Å². The third kappa shape index (κ3) is 8.51. The van der Waals surface area contributed by atoms with E-state index in [1.807, 2.05) is 76.2 Å². The summed E-state index contributed by atoms with van der Waals surface area (Å²) in [5.74, 6) is 0.0763.